The van der Waals surface area contributed by atoms with Crippen molar-refractivity contribution in [3.63, 3.8) is 0 Å². The summed E-state index contributed by atoms with van der Waals surface area (Å²) in [5.74, 6) is 0. The molecule has 0 aliphatic heterocycles. The van der Waals surface area contributed by atoms with Crippen LogP contribution in [0.2, 0.25) is 0 Å². The SMILES string of the molecule is Cc1c[c-]cc(C)c1C.[Y].[Zn+][Br]. The number of halogens is 1. The molecule has 0 heterocycles. The Labute approximate surface area is 117 Å². The van der Waals surface area contributed by atoms with Crippen LogP contribution in [-0.4, -0.2) is 0 Å². The zero-order valence-corrected chi connectivity index (χ0v) is 15.2. The molecule has 12 heavy (non-hydrogen) atoms. The fourth-order valence-electron chi connectivity index (χ4n) is 0.819. The zero-order valence-electron chi connectivity index (χ0n) is 7.82. The van der Waals surface area contributed by atoms with Crippen LogP contribution in [0.5, 0.6) is 0 Å². The third-order valence-electron chi connectivity index (χ3n) is 1.78. The molecule has 0 nitrogen and oxygen atoms in total. The van der Waals surface area contributed by atoms with Gasteiger partial charge < -0.3 is 0 Å². The predicted molar refractivity (Wildman–Crippen MR) is 48.4 cm³/mol. The minimum absolute atomic E-state index is 0. The van der Waals surface area contributed by atoms with Crippen molar-refractivity contribution in [1.29, 1.82) is 0 Å². The molecule has 0 amide bonds. The maximum atomic E-state index is 3.07. The van der Waals surface area contributed by atoms with E-state index in [2.05, 4.69) is 40.5 Å². The van der Waals surface area contributed by atoms with Crippen molar-refractivity contribution in [3.8, 4) is 0 Å². The molecule has 1 aromatic carbocycles. The molecule has 0 unspecified atom stereocenters. The van der Waals surface area contributed by atoms with Gasteiger partial charge in [-0.3, -0.25) is 0 Å². The Balaban J connectivity index is 0. The van der Waals surface area contributed by atoms with Crippen LogP contribution in [0.3, 0.4) is 0 Å². The van der Waals surface area contributed by atoms with Crippen molar-refractivity contribution in [1.82, 2.24) is 0 Å². The van der Waals surface area contributed by atoms with Gasteiger partial charge in [0.15, 0.2) is 0 Å². The van der Waals surface area contributed by atoms with E-state index in [1.165, 1.54) is 33.0 Å². The van der Waals surface area contributed by atoms with Gasteiger partial charge in [-0.15, -0.1) is 0 Å². The van der Waals surface area contributed by atoms with Crippen LogP contribution in [0, 0.1) is 26.8 Å². The molecular weight excluding hydrogens is 342 g/mol. The molecule has 3 heteroatoms. The third-order valence-corrected chi connectivity index (χ3v) is 1.78. The summed E-state index contributed by atoms with van der Waals surface area (Å²) < 4.78 is 0. The van der Waals surface area contributed by atoms with Gasteiger partial charge in [-0.05, 0) is 0 Å². The molecule has 1 radical (unpaired) electrons. The van der Waals surface area contributed by atoms with E-state index in [4.69, 9.17) is 0 Å². The molecule has 59 valence electrons. The molecule has 0 saturated heterocycles. The summed E-state index contributed by atoms with van der Waals surface area (Å²) in [4.78, 5) is 0. The Kier molecular flexibility index (Phi) is 11.9. The summed E-state index contributed by atoms with van der Waals surface area (Å²) in [7, 11) is 0. The summed E-state index contributed by atoms with van der Waals surface area (Å²) in [5.41, 5.74) is 4.04. The van der Waals surface area contributed by atoms with Crippen LogP contribution in [0.4, 0.5) is 0 Å². The Bertz CT molecular complexity index is 206. The first-order valence-corrected chi connectivity index (χ1v) is 10.4. The molecule has 0 aliphatic rings. The van der Waals surface area contributed by atoms with Crippen molar-refractivity contribution < 1.29 is 49.1 Å². The van der Waals surface area contributed by atoms with Crippen LogP contribution in [0.25, 0.3) is 0 Å². The minimum atomic E-state index is 0. The quantitative estimate of drug-likeness (QED) is 0.496. The number of benzene rings is 1. The Hall–Kier alpha value is 1.43. The van der Waals surface area contributed by atoms with Gasteiger partial charge in [0.05, 0.1) is 0 Å². The first kappa shape index (κ1) is 15.9. The van der Waals surface area contributed by atoms with Gasteiger partial charge in [0.25, 0.3) is 0 Å². The van der Waals surface area contributed by atoms with Gasteiger partial charge in [0, 0.05) is 32.7 Å². The second-order valence-electron chi connectivity index (χ2n) is 2.45. The Morgan fingerprint density at radius 2 is 1.42 bits per heavy atom. The summed E-state index contributed by atoms with van der Waals surface area (Å²) in [6.07, 6.45) is 0. The van der Waals surface area contributed by atoms with E-state index in [1.54, 1.807) is 0 Å². The fourth-order valence-corrected chi connectivity index (χ4v) is 0.819. The van der Waals surface area contributed by atoms with Crippen molar-refractivity contribution in [2.24, 2.45) is 0 Å². The summed E-state index contributed by atoms with van der Waals surface area (Å²) in [6, 6.07) is 7.10. The third kappa shape index (κ3) is 5.22. The Morgan fingerprint density at radius 3 is 1.67 bits per heavy atom. The zero-order chi connectivity index (χ0) is 8.85. The number of hydrogen-bond acceptors (Lipinski definition) is 0. The molecule has 0 spiro atoms. The van der Waals surface area contributed by atoms with Crippen molar-refractivity contribution >= 4 is 13.6 Å². The van der Waals surface area contributed by atoms with E-state index < -0.39 is 0 Å². The standard InChI is InChI=1S/C9H11.BrH.Y.Zn/c1-7-5-4-6-8(2)9(7)3;;;/h5-6H,1-3H3;1H;;/q-1;;;+2/p-1. The van der Waals surface area contributed by atoms with Crippen LogP contribution < -0.4 is 0 Å². The monoisotopic (exact) mass is 351 g/mol. The molecule has 0 saturated carbocycles. The van der Waals surface area contributed by atoms with E-state index in [9.17, 15) is 0 Å². The average molecular weight is 353 g/mol. The van der Waals surface area contributed by atoms with Gasteiger partial charge in [0.1, 0.15) is 0 Å². The topological polar surface area (TPSA) is 0 Å². The number of rotatable bonds is 0. The van der Waals surface area contributed by atoms with Gasteiger partial charge in [-0.2, -0.15) is 34.9 Å². The van der Waals surface area contributed by atoms with Gasteiger partial charge >= 0.3 is 30.0 Å². The van der Waals surface area contributed by atoms with Crippen molar-refractivity contribution in [2.45, 2.75) is 20.8 Å². The molecular formula is C9H11BrYZn. The second kappa shape index (κ2) is 9.00. The van der Waals surface area contributed by atoms with Crippen LogP contribution >= 0.6 is 13.6 Å². The molecule has 0 atom stereocenters. The van der Waals surface area contributed by atoms with E-state index in [1.807, 2.05) is 12.1 Å². The summed E-state index contributed by atoms with van der Waals surface area (Å²) in [5, 5.41) is 0. The fraction of sp³-hybridized carbons (Fsp3) is 0.333. The van der Waals surface area contributed by atoms with Crippen LogP contribution in [-0.2, 0) is 49.1 Å². The van der Waals surface area contributed by atoms with Crippen LogP contribution in [0.1, 0.15) is 16.7 Å². The number of aryl methyl sites for hydroxylation is 2. The molecule has 0 aromatic heterocycles. The van der Waals surface area contributed by atoms with Crippen molar-refractivity contribution in [2.75, 3.05) is 0 Å². The molecule has 1 rings (SSSR count). The van der Waals surface area contributed by atoms with E-state index in [-0.39, 0.29) is 32.7 Å². The predicted octanol–water partition coefficient (Wildman–Crippen LogP) is 3.25. The van der Waals surface area contributed by atoms with Crippen LogP contribution in [0.15, 0.2) is 12.1 Å². The van der Waals surface area contributed by atoms with Gasteiger partial charge in [-0.25, -0.2) is 0 Å². The van der Waals surface area contributed by atoms with Gasteiger partial charge in [0.2, 0.25) is 0 Å². The Morgan fingerprint density at radius 1 is 1.08 bits per heavy atom. The van der Waals surface area contributed by atoms with E-state index >= 15 is 0 Å². The summed E-state index contributed by atoms with van der Waals surface area (Å²) >= 11 is 4.25. The molecule has 0 N–H and O–H groups in total. The first-order valence-electron chi connectivity index (χ1n) is 3.42. The molecule has 0 aliphatic carbocycles. The number of hydrogen-bond donors (Lipinski definition) is 0. The molecule has 0 fully saturated rings. The molecule has 1 aromatic rings. The normalized spacial score (nSPS) is 7.83. The second-order valence-corrected chi connectivity index (χ2v) is 2.45. The molecule has 0 bridgehead atoms. The van der Waals surface area contributed by atoms with E-state index in [0.29, 0.717) is 0 Å². The summed E-state index contributed by atoms with van der Waals surface area (Å²) in [6.45, 7) is 6.36. The van der Waals surface area contributed by atoms with E-state index in [0.717, 1.165) is 0 Å². The van der Waals surface area contributed by atoms with Crippen molar-refractivity contribution in [3.05, 3.63) is 34.9 Å². The maximum absolute atomic E-state index is 3.07. The first-order chi connectivity index (χ1) is 5.22. The van der Waals surface area contributed by atoms with Gasteiger partial charge in [-0.1, -0.05) is 20.8 Å². The average Bonchev–Trinajstić information content (AvgIpc) is 2.04.